The van der Waals surface area contributed by atoms with Crippen LogP contribution in [-0.4, -0.2) is 35.3 Å². The standard InChI is InChI=1S/C16H15N3O6S/c1-24-13-6-3-9(7-14(13)25-2)15(21)18-16(26)17-11-8-10(19(22)23)4-5-12(11)20/h3-8,20H,1-2H3,(H2,17,18,21,26). The van der Waals surface area contributed by atoms with Gasteiger partial charge in [-0.3, -0.25) is 20.2 Å². The fourth-order valence-electron chi connectivity index (χ4n) is 2.04. The molecule has 2 aromatic rings. The lowest BCUT2D eigenvalue weighted by molar-refractivity contribution is -0.384. The van der Waals surface area contributed by atoms with Crippen molar-refractivity contribution in [2.75, 3.05) is 19.5 Å². The monoisotopic (exact) mass is 377 g/mol. The van der Waals surface area contributed by atoms with Crippen molar-refractivity contribution in [1.82, 2.24) is 5.32 Å². The number of methoxy groups -OCH3 is 2. The zero-order valence-electron chi connectivity index (χ0n) is 13.8. The number of benzene rings is 2. The third kappa shape index (κ3) is 4.36. The molecule has 136 valence electrons. The number of rotatable bonds is 5. The van der Waals surface area contributed by atoms with Crippen LogP contribution in [0, 0.1) is 10.1 Å². The number of carbonyl (C=O) groups excluding carboxylic acids is 1. The molecule has 1 amide bonds. The zero-order chi connectivity index (χ0) is 19.3. The van der Waals surface area contributed by atoms with E-state index >= 15 is 0 Å². The number of ether oxygens (including phenoxy) is 2. The van der Waals surface area contributed by atoms with Crippen molar-refractivity contribution in [3.63, 3.8) is 0 Å². The first kappa shape index (κ1) is 18.9. The summed E-state index contributed by atoms with van der Waals surface area (Å²) in [5.41, 5.74) is 0.0196. The maximum atomic E-state index is 12.3. The van der Waals surface area contributed by atoms with Crippen LogP contribution >= 0.6 is 12.2 Å². The predicted molar refractivity (Wildman–Crippen MR) is 98.0 cm³/mol. The summed E-state index contributed by atoms with van der Waals surface area (Å²) < 4.78 is 10.2. The molecule has 10 heteroatoms. The van der Waals surface area contributed by atoms with E-state index in [1.54, 1.807) is 6.07 Å². The first-order chi connectivity index (χ1) is 12.3. The highest BCUT2D eigenvalue weighted by atomic mass is 32.1. The van der Waals surface area contributed by atoms with Crippen LogP contribution in [0.25, 0.3) is 0 Å². The average Bonchev–Trinajstić information content (AvgIpc) is 2.62. The largest absolute Gasteiger partial charge is 0.506 e. The van der Waals surface area contributed by atoms with Crippen LogP contribution in [0.5, 0.6) is 17.2 Å². The van der Waals surface area contributed by atoms with Gasteiger partial charge in [0, 0.05) is 17.7 Å². The molecule has 0 aliphatic rings. The number of amides is 1. The molecule has 0 spiro atoms. The second-order valence-corrected chi connectivity index (χ2v) is 5.34. The van der Waals surface area contributed by atoms with Gasteiger partial charge in [0.05, 0.1) is 24.8 Å². The highest BCUT2D eigenvalue weighted by Gasteiger charge is 2.15. The summed E-state index contributed by atoms with van der Waals surface area (Å²) in [6, 6.07) is 7.96. The molecule has 0 saturated carbocycles. The summed E-state index contributed by atoms with van der Waals surface area (Å²) in [6.07, 6.45) is 0. The summed E-state index contributed by atoms with van der Waals surface area (Å²) in [4.78, 5) is 22.4. The highest BCUT2D eigenvalue weighted by molar-refractivity contribution is 7.80. The molecule has 0 fully saturated rings. The fraction of sp³-hybridized carbons (Fsp3) is 0.125. The van der Waals surface area contributed by atoms with E-state index in [1.165, 1.54) is 26.4 Å². The lowest BCUT2D eigenvalue weighted by atomic mass is 10.2. The minimum atomic E-state index is -0.615. The summed E-state index contributed by atoms with van der Waals surface area (Å²) in [7, 11) is 2.92. The van der Waals surface area contributed by atoms with Gasteiger partial charge in [0.1, 0.15) is 5.75 Å². The molecular weight excluding hydrogens is 362 g/mol. The molecule has 0 bridgehead atoms. The van der Waals surface area contributed by atoms with Crippen molar-refractivity contribution in [2.24, 2.45) is 0 Å². The number of nitro benzene ring substituents is 1. The lowest BCUT2D eigenvalue weighted by Crippen LogP contribution is -2.34. The summed E-state index contributed by atoms with van der Waals surface area (Å²) in [6.45, 7) is 0. The number of carbonyl (C=O) groups is 1. The van der Waals surface area contributed by atoms with E-state index in [2.05, 4.69) is 10.6 Å². The number of nitrogens with zero attached hydrogens (tertiary/aromatic N) is 1. The van der Waals surface area contributed by atoms with Crippen molar-refractivity contribution >= 4 is 34.6 Å². The molecule has 0 heterocycles. The Bertz CT molecular complexity index is 871. The van der Waals surface area contributed by atoms with Crippen molar-refractivity contribution in [2.45, 2.75) is 0 Å². The van der Waals surface area contributed by atoms with Gasteiger partial charge in [-0.15, -0.1) is 0 Å². The van der Waals surface area contributed by atoms with Crippen LogP contribution in [0.3, 0.4) is 0 Å². The van der Waals surface area contributed by atoms with Gasteiger partial charge in [-0.25, -0.2) is 0 Å². The quantitative estimate of drug-likeness (QED) is 0.314. The molecule has 3 N–H and O–H groups in total. The minimum absolute atomic E-state index is 0.00295. The van der Waals surface area contributed by atoms with Crippen LogP contribution in [0.1, 0.15) is 10.4 Å². The number of phenolic OH excluding ortho intramolecular Hbond substituents is 1. The number of nitrogens with one attached hydrogen (secondary N) is 2. The van der Waals surface area contributed by atoms with E-state index in [9.17, 15) is 20.0 Å². The summed E-state index contributed by atoms with van der Waals surface area (Å²) >= 11 is 5.01. The predicted octanol–water partition coefficient (Wildman–Crippen LogP) is 2.44. The normalized spacial score (nSPS) is 9.92. The molecule has 2 rings (SSSR count). The Morgan fingerprint density at radius 2 is 1.85 bits per heavy atom. The van der Waals surface area contributed by atoms with Gasteiger partial charge >= 0.3 is 0 Å². The van der Waals surface area contributed by atoms with Crippen LogP contribution in [0.15, 0.2) is 36.4 Å². The molecule has 9 nitrogen and oxygen atoms in total. The second kappa shape index (κ2) is 8.12. The molecule has 0 aromatic heterocycles. The van der Waals surface area contributed by atoms with Gasteiger partial charge < -0.3 is 19.9 Å². The zero-order valence-corrected chi connectivity index (χ0v) is 14.6. The fourth-order valence-corrected chi connectivity index (χ4v) is 2.25. The Morgan fingerprint density at radius 1 is 1.15 bits per heavy atom. The number of thiocarbonyl (C=S) groups is 1. The van der Waals surface area contributed by atoms with E-state index in [-0.39, 0.29) is 27.8 Å². The Hall–Kier alpha value is -3.40. The highest BCUT2D eigenvalue weighted by Crippen LogP contribution is 2.28. The number of anilines is 1. The number of hydrogen-bond donors (Lipinski definition) is 3. The smallest absolute Gasteiger partial charge is 0.271 e. The van der Waals surface area contributed by atoms with Crippen molar-refractivity contribution in [3.8, 4) is 17.2 Å². The Kier molecular flexibility index (Phi) is 5.91. The third-order valence-electron chi connectivity index (χ3n) is 3.31. The Labute approximate surface area is 153 Å². The van der Waals surface area contributed by atoms with Crippen LogP contribution < -0.4 is 20.1 Å². The Morgan fingerprint density at radius 3 is 2.46 bits per heavy atom. The summed E-state index contributed by atoms with van der Waals surface area (Å²) in [5, 5.41) is 25.4. The van der Waals surface area contributed by atoms with E-state index in [0.29, 0.717) is 11.5 Å². The maximum absolute atomic E-state index is 12.3. The first-order valence-corrected chi connectivity index (χ1v) is 7.58. The number of phenols is 1. The number of aromatic hydroxyl groups is 1. The van der Waals surface area contributed by atoms with Gasteiger partial charge in [0.15, 0.2) is 16.6 Å². The van der Waals surface area contributed by atoms with Crippen LogP contribution in [0.2, 0.25) is 0 Å². The minimum Gasteiger partial charge on any atom is -0.506 e. The van der Waals surface area contributed by atoms with Crippen molar-refractivity contribution in [3.05, 3.63) is 52.1 Å². The Balaban J connectivity index is 2.12. The molecule has 0 aliphatic heterocycles. The van der Waals surface area contributed by atoms with Crippen molar-refractivity contribution in [1.29, 1.82) is 0 Å². The van der Waals surface area contributed by atoms with Gasteiger partial charge in [0.2, 0.25) is 0 Å². The second-order valence-electron chi connectivity index (χ2n) is 4.94. The number of nitro groups is 1. The molecule has 0 atom stereocenters. The lowest BCUT2D eigenvalue weighted by Gasteiger charge is -2.12. The van der Waals surface area contributed by atoms with Gasteiger partial charge in [0.25, 0.3) is 11.6 Å². The SMILES string of the molecule is COc1ccc(C(=O)NC(=S)Nc2cc([N+](=O)[O-])ccc2O)cc1OC. The van der Waals surface area contributed by atoms with Gasteiger partial charge in [-0.1, -0.05) is 0 Å². The van der Waals surface area contributed by atoms with E-state index in [4.69, 9.17) is 21.7 Å². The van der Waals surface area contributed by atoms with Crippen LogP contribution in [-0.2, 0) is 0 Å². The third-order valence-corrected chi connectivity index (χ3v) is 3.52. The average molecular weight is 377 g/mol. The molecule has 0 radical (unpaired) electrons. The number of non-ortho nitro benzene ring substituents is 1. The van der Waals surface area contributed by atoms with Gasteiger partial charge in [-0.05, 0) is 36.5 Å². The summed E-state index contributed by atoms with van der Waals surface area (Å²) in [5.74, 6) is 0.0494. The van der Waals surface area contributed by atoms with Crippen LogP contribution in [0.4, 0.5) is 11.4 Å². The van der Waals surface area contributed by atoms with Crippen molar-refractivity contribution < 1.29 is 24.3 Å². The van der Waals surface area contributed by atoms with E-state index in [0.717, 1.165) is 18.2 Å². The molecule has 26 heavy (non-hydrogen) atoms. The molecular formula is C16H15N3O6S. The molecule has 0 aliphatic carbocycles. The maximum Gasteiger partial charge on any atom is 0.271 e. The van der Waals surface area contributed by atoms with E-state index in [1.807, 2.05) is 0 Å². The van der Waals surface area contributed by atoms with E-state index < -0.39 is 10.8 Å². The molecule has 0 unspecified atom stereocenters. The van der Waals surface area contributed by atoms with Gasteiger partial charge in [-0.2, -0.15) is 0 Å². The molecule has 0 saturated heterocycles. The number of hydrogen-bond acceptors (Lipinski definition) is 7. The molecule has 2 aromatic carbocycles. The first-order valence-electron chi connectivity index (χ1n) is 7.17. The topological polar surface area (TPSA) is 123 Å².